The molecule has 0 aliphatic heterocycles. The number of hydrogen-bond acceptors (Lipinski definition) is 6. The first kappa shape index (κ1) is 18.0. The van der Waals surface area contributed by atoms with Gasteiger partial charge in [0.05, 0.1) is 22.8 Å². The number of anilines is 1. The zero-order valence-corrected chi connectivity index (χ0v) is 16.0. The summed E-state index contributed by atoms with van der Waals surface area (Å²) >= 11 is 1.24. The van der Waals surface area contributed by atoms with Crippen LogP contribution < -0.4 is 11.2 Å². The van der Waals surface area contributed by atoms with Gasteiger partial charge < -0.3 is 11.2 Å². The van der Waals surface area contributed by atoms with E-state index < -0.39 is 0 Å². The van der Waals surface area contributed by atoms with Gasteiger partial charge in [-0.2, -0.15) is 5.10 Å². The Morgan fingerprint density at radius 3 is 2.50 bits per heavy atom. The highest BCUT2D eigenvalue weighted by molar-refractivity contribution is 7.99. The van der Waals surface area contributed by atoms with Crippen LogP contribution in [0.4, 0.5) is 5.69 Å². The minimum atomic E-state index is -0.144. The number of carbonyl (C=O) groups is 1. The van der Waals surface area contributed by atoms with Gasteiger partial charge in [-0.1, -0.05) is 41.6 Å². The Hall–Kier alpha value is -2.81. The summed E-state index contributed by atoms with van der Waals surface area (Å²) in [6, 6.07) is 7.86. The molecule has 0 unspecified atom stereocenters. The Morgan fingerprint density at radius 1 is 1.19 bits per heavy atom. The van der Waals surface area contributed by atoms with Crippen LogP contribution in [-0.2, 0) is 11.8 Å². The SMILES string of the molecule is Cc1ccc(-c2nnc(SCC(=O)Nc3c(C)nn(C)c3C)n2N)cc1. The standard InChI is InChI=1S/C17H21N7OS/c1-10-5-7-13(8-6-10)16-20-21-17(24(16)18)26-9-14(25)19-15-11(2)22-23(4)12(15)3/h5-8H,9,18H2,1-4H3,(H,19,25). The maximum absolute atomic E-state index is 12.3. The first-order valence-corrected chi connectivity index (χ1v) is 9.05. The van der Waals surface area contributed by atoms with Crippen LogP contribution >= 0.6 is 11.8 Å². The Kier molecular flexibility index (Phi) is 4.99. The summed E-state index contributed by atoms with van der Waals surface area (Å²) in [4.78, 5) is 12.3. The van der Waals surface area contributed by atoms with E-state index in [4.69, 9.17) is 5.84 Å². The fraction of sp³-hybridized carbons (Fsp3) is 0.294. The molecule has 0 radical (unpaired) electrons. The lowest BCUT2D eigenvalue weighted by atomic mass is 10.1. The Labute approximate surface area is 155 Å². The molecule has 0 saturated carbocycles. The molecule has 0 fully saturated rings. The van der Waals surface area contributed by atoms with E-state index in [1.165, 1.54) is 16.4 Å². The van der Waals surface area contributed by atoms with Crippen molar-refractivity contribution in [2.75, 3.05) is 16.9 Å². The Morgan fingerprint density at radius 2 is 1.88 bits per heavy atom. The van der Waals surface area contributed by atoms with Gasteiger partial charge in [0.2, 0.25) is 11.1 Å². The third kappa shape index (κ3) is 3.57. The van der Waals surface area contributed by atoms with Crippen molar-refractivity contribution in [1.82, 2.24) is 24.7 Å². The summed E-state index contributed by atoms with van der Waals surface area (Å²) in [6.07, 6.45) is 0. The smallest absolute Gasteiger partial charge is 0.234 e. The minimum absolute atomic E-state index is 0.144. The molecule has 136 valence electrons. The second-order valence-corrected chi connectivity index (χ2v) is 6.99. The summed E-state index contributed by atoms with van der Waals surface area (Å²) in [5.74, 6) is 6.68. The van der Waals surface area contributed by atoms with Gasteiger partial charge in [0.15, 0.2) is 5.82 Å². The van der Waals surface area contributed by atoms with Gasteiger partial charge in [-0.3, -0.25) is 9.48 Å². The number of carbonyl (C=O) groups excluding carboxylic acids is 1. The largest absolute Gasteiger partial charge is 0.335 e. The second-order valence-electron chi connectivity index (χ2n) is 6.05. The number of nitrogens with two attached hydrogens (primary N) is 1. The maximum atomic E-state index is 12.3. The molecule has 0 atom stereocenters. The van der Waals surface area contributed by atoms with Crippen LogP contribution in [0.2, 0.25) is 0 Å². The number of aromatic nitrogens is 5. The normalized spacial score (nSPS) is 10.9. The van der Waals surface area contributed by atoms with Gasteiger partial charge in [-0.05, 0) is 20.8 Å². The summed E-state index contributed by atoms with van der Waals surface area (Å²) in [7, 11) is 1.84. The van der Waals surface area contributed by atoms with Gasteiger partial charge in [0, 0.05) is 12.6 Å². The fourth-order valence-corrected chi connectivity index (χ4v) is 3.19. The van der Waals surface area contributed by atoms with Crippen molar-refractivity contribution < 1.29 is 4.79 Å². The first-order valence-electron chi connectivity index (χ1n) is 8.07. The van der Waals surface area contributed by atoms with E-state index in [9.17, 15) is 4.79 Å². The number of thioether (sulfide) groups is 1. The van der Waals surface area contributed by atoms with Crippen molar-refractivity contribution >= 4 is 23.4 Å². The van der Waals surface area contributed by atoms with Crippen molar-refractivity contribution in [3.8, 4) is 11.4 Å². The number of nitrogens with zero attached hydrogens (tertiary/aromatic N) is 5. The summed E-state index contributed by atoms with van der Waals surface area (Å²) < 4.78 is 3.14. The van der Waals surface area contributed by atoms with E-state index in [-0.39, 0.29) is 11.7 Å². The highest BCUT2D eigenvalue weighted by Crippen LogP contribution is 2.23. The number of amides is 1. The topological polar surface area (TPSA) is 104 Å². The van der Waals surface area contributed by atoms with Crippen LogP contribution in [0.15, 0.2) is 29.4 Å². The van der Waals surface area contributed by atoms with Crippen LogP contribution in [0, 0.1) is 20.8 Å². The van der Waals surface area contributed by atoms with E-state index in [0.29, 0.717) is 11.0 Å². The molecule has 9 heteroatoms. The molecule has 0 spiro atoms. The molecule has 2 aromatic heterocycles. The molecule has 1 amide bonds. The zero-order chi connectivity index (χ0) is 18.8. The number of rotatable bonds is 5. The van der Waals surface area contributed by atoms with Crippen molar-refractivity contribution in [2.24, 2.45) is 7.05 Å². The molecule has 1 aromatic carbocycles. The van der Waals surface area contributed by atoms with Crippen LogP contribution in [0.3, 0.4) is 0 Å². The van der Waals surface area contributed by atoms with Gasteiger partial charge in [-0.15, -0.1) is 10.2 Å². The average Bonchev–Trinajstić information content (AvgIpc) is 3.08. The molecular weight excluding hydrogens is 350 g/mol. The molecular formula is C17H21N7OS. The van der Waals surface area contributed by atoms with Gasteiger partial charge in [0.25, 0.3) is 0 Å². The Balaban J connectivity index is 1.66. The zero-order valence-electron chi connectivity index (χ0n) is 15.1. The summed E-state index contributed by atoms with van der Waals surface area (Å²) in [5.41, 5.74) is 4.47. The molecule has 0 saturated heterocycles. The number of nitrogen functional groups attached to an aromatic ring is 1. The van der Waals surface area contributed by atoms with Crippen LogP contribution in [0.1, 0.15) is 17.0 Å². The van der Waals surface area contributed by atoms with Crippen LogP contribution in [0.25, 0.3) is 11.4 Å². The third-order valence-electron chi connectivity index (χ3n) is 4.08. The molecule has 26 heavy (non-hydrogen) atoms. The molecule has 0 bridgehead atoms. The second kappa shape index (κ2) is 7.20. The monoisotopic (exact) mass is 371 g/mol. The molecule has 3 aromatic rings. The van der Waals surface area contributed by atoms with Crippen molar-refractivity contribution in [3.05, 3.63) is 41.2 Å². The van der Waals surface area contributed by atoms with E-state index in [1.54, 1.807) is 4.68 Å². The number of nitrogens with one attached hydrogen (secondary N) is 1. The number of aryl methyl sites for hydroxylation is 3. The van der Waals surface area contributed by atoms with Crippen molar-refractivity contribution in [3.63, 3.8) is 0 Å². The minimum Gasteiger partial charge on any atom is -0.335 e. The van der Waals surface area contributed by atoms with E-state index >= 15 is 0 Å². The van der Waals surface area contributed by atoms with Crippen molar-refractivity contribution in [1.29, 1.82) is 0 Å². The molecule has 0 aliphatic carbocycles. The predicted octanol–water partition coefficient (Wildman–Crippen LogP) is 2.05. The van der Waals surface area contributed by atoms with E-state index in [1.807, 2.05) is 52.1 Å². The lowest BCUT2D eigenvalue weighted by Gasteiger charge is -2.06. The molecule has 3 N–H and O–H groups in total. The van der Waals surface area contributed by atoms with E-state index in [2.05, 4.69) is 20.6 Å². The van der Waals surface area contributed by atoms with E-state index in [0.717, 1.165) is 28.2 Å². The molecule has 3 rings (SSSR count). The van der Waals surface area contributed by atoms with Crippen LogP contribution in [0.5, 0.6) is 0 Å². The summed E-state index contributed by atoms with van der Waals surface area (Å²) in [6.45, 7) is 5.79. The lowest BCUT2D eigenvalue weighted by molar-refractivity contribution is -0.113. The van der Waals surface area contributed by atoms with Crippen LogP contribution in [-0.4, -0.2) is 36.3 Å². The lowest BCUT2D eigenvalue weighted by Crippen LogP contribution is -2.17. The molecule has 8 nitrogen and oxygen atoms in total. The number of benzene rings is 1. The van der Waals surface area contributed by atoms with Gasteiger partial charge in [-0.25, -0.2) is 4.68 Å². The third-order valence-corrected chi connectivity index (χ3v) is 5.02. The summed E-state index contributed by atoms with van der Waals surface area (Å²) in [5, 5.41) is 15.9. The maximum Gasteiger partial charge on any atom is 0.234 e. The fourth-order valence-electron chi connectivity index (χ4n) is 2.54. The first-order chi connectivity index (χ1) is 12.4. The quantitative estimate of drug-likeness (QED) is 0.525. The molecule has 2 heterocycles. The van der Waals surface area contributed by atoms with Crippen molar-refractivity contribution in [2.45, 2.75) is 25.9 Å². The average molecular weight is 371 g/mol. The highest BCUT2D eigenvalue weighted by atomic mass is 32.2. The molecule has 0 aliphatic rings. The number of hydrogen-bond donors (Lipinski definition) is 2. The Bertz CT molecular complexity index is 943. The van der Waals surface area contributed by atoms with Gasteiger partial charge in [0.1, 0.15) is 0 Å². The highest BCUT2D eigenvalue weighted by Gasteiger charge is 2.16. The van der Waals surface area contributed by atoms with Gasteiger partial charge >= 0.3 is 0 Å². The predicted molar refractivity (Wildman–Crippen MR) is 102 cm³/mol.